The van der Waals surface area contributed by atoms with Gasteiger partial charge in [-0.05, 0) is 17.7 Å². The van der Waals surface area contributed by atoms with E-state index in [9.17, 15) is 4.79 Å². The Balaban J connectivity index is 2.45. The summed E-state index contributed by atoms with van der Waals surface area (Å²) in [6.07, 6.45) is 0.479. The normalized spacial score (nSPS) is 19.1. The Labute approximate surface area is 101 Å². The molecule has 0 aromatic heterocycles. The highest BCUT2D eigenvalue weighted by molar-refractivity contribution is 6.08. The molecule has 0 saturated heterocycles. The Bertz CT molecular complexity index is 474. The minimum absolute atomic E-state index is 0.0502. The van der Waals surface area contributed by atoms with Gasteiger partial charge in [0.25, 0.3) is 0 Å². The number of carbonyl (C=O) groups is 1. The zero-order valence-electron chi connectivity index (χ0n) is 10.4. The molecule has 1 aliphatic heterocycles. The van der Waals surface area contributed by atoms with Crippen molar-refractivity contribution in [2.75, 3.05) is 12.8 Å². The van der Waals surface area contributed by atoms with E-state index in [1.165, 1.54) is 5.01 Å². The van der Waals surface area contributed by atoms with Crippen LogP contribution in [-0.2, 0) is 4.79 Å². The molecule has 90 valence electrons. The second-order valence-corrected chi connectivity index (χ2v) is 5.05. The SMILES string of the molecule is CN1N=C(c2ccc(N)cc2)C(C)(C)CC1=O. The third kappa shape index (κ3) is 2.16. The van der Waals surface area contributed by atoms with Crippen LogP contribution in [0.25, 0.3) is 0 Å². The van der Waals surface area contributed by atoms with Gasteiger partial charge in [-0.2, -0.15) is 5.10 Å². The van der Waals surface area contributed by atoms with Gasteiger partial charge in [0.15, 0.2) is 0 Å². The standard InChI is InChI=1S/C13H17N3O/c1-13(2)8-11(17)16(3)15-12(13)9-4-6-10(14)7-5-9/h4-7H,8,14H2,1-3H3. The Morgan fingerprint density at radius 3 is 2.47 bits per heavy atom. The predicted molar refractivity (Wildman–Crippen MR) is 68.6 cm³/mol. The first-order valence-corrected chi connectivity index (χ1v) is 5.62. The molecular weight excluding hydrogens is 214 g/mol. The van der Waals surface area contributed by atoms with Gasteiger partial charge in [-0.1, -0.05) is 26.0 Å². The highest BCUT2D eigenvalue weighted by atomic mass is 16.2. The van der Waals surface area contributed by atoms with E-state index in [1.807, 2.05) is 38.1 Å². The molecule has 4 nitrogen and oxygen atoms in total. The summed E-state index contributed by atoms with van der Waals surface area (Å²) in [5.41, 5.74) is 8.11. The number of benzene rings is 1. The molecule has 2 N–H and O–H groups in total. The summed E-state index contributed by atoms with van der Waals surface area (Å²) in [7, 11) is 1.69. The second-order valence-electron chi connectivity index (χ2n) is 5.05. The van der Waals surface area contributed by atoms with Crippen molar-refractivity contribution < 1.29 is 4.79 Å². The molecular formula is C13H17N3O. The third-order valence-corrected chi connectivity index (χ3v) is 3.03. The smallest absolute Gasteiger partial charge is 0.243 e. The maximum absolute atomic E-state index is 11.6. The lowest BCUT2D eigenvalue weighted by molar-refractivity contribution is -0.132. The number of nitrogens with zero attached hydrogens (tertiary/aromatic N) is 2. The van der Waals surface area contributed by atoms with Gasteiger partial charge in [-0.25, -0.2) is 5.01 Å². The van der Waals surface area contributed by atoms with Crippen molar-refractivity contribution in [3.8, 4) is 0 Å². The number of hydrazone groups is 1. The minimum atomic E-state index is -0.236. The van der Waals surface area contributed by atoms with E-state index in [2.05, 4.69) is 5.10 Å². The average molecular weight is 231 g/mol. The second kappa shape index (κ2) is 3.87. The fourth-order valence-corrected chi connectivity index (χ4v) is 2.01. The van der Waals surface area contributed by atoms with Crippen LogP contribution in [0.3, 0.4) is 0 Å². The van der Waals surface area contributed by atoms with Gasteiger partial charge in [0.2, 0.25) is 5.91 Å². The summed E-state index contributed by atoms with van der Waals surface area (Å²) in [5.74, 6) is 0.0502. The summed E-state index contributed by atoms with van der Waals surface area (Å²) < 4.78 is 0. The van der Waals surface area contributed by atoms with Crippen LogP contribution in [0.15, 0.2) is 29.4 Å². The zero-order valence-corrected chi connectivity index (χ0v) is 10.4. The average Bonchev–Trinajstić information content (AvgIpc) is 2.24. The molecule has 0 aliphatic carbocycles. The summed E-state index contributed by atoms with van der Waals surface area (Å²) in [5, 5.41) is 5.79. The molecule has 0 spiro atoms. The number of nitrogen functional groups attached to an aromatic ring is 1. The van der Waals surface area contributed by atoms with Gasteiger partial charge in [-0.3, -0.25) is 4.79 Å². The quantitative estimate of drug-likeness (QED) is 0.750. The molecule has 4 heteroatoms. The molecule has 1 heterocycles. The molecule has 0 unspecified atom stereocenters. The molecule has 0 saturated carbocycles. The van der Waals surface area contributed by atoms with Crippen LogP contribution >= 0.6 is 0 Å². The van der Waals surface area contributed by atoms with E-state index >= 15 is 0 Å². The fraction of sp³-hybridized carbons (Fsp3) is 0.385. The van der Waals surface area contributed by atoms with Crippen molar-refractivity contribution in [2.45, 2.75) is 20.3 Å². The summed E-state index contributed by atoms with van der Waals surface area (Å²) in [6, 6.07) is 7.59. The van der Waals surface area contributed by atoms with Crippen LogP contribution in [0, 0.1) is 5.41 Å². The molecule has 2 rings (SSSR count). The van der Waals surface area contributed by atoms with Gasteiger partial charge < -0.3 is 5.73 Å². The molecule has 1 amide bonds. The number of hydrogen-bond donors (Lipinski definition) is 1. The number of anilines is 1. The number of nitrogens with two attached hydrogens (primary N) is 1. The van der Waals surface area contributed by atoms with E-state index in [0.717, 1.165) is 17.0 Å². The van der Waals surface area contributed by atoms with E-state index in [1.54, 1.807) is 7.05 Å². The monoisotopic (exact) mass is 231 g/mol. The molecule has 1 aromatic rings. The Kier molecular flexibility index (Phi) is 2.65. The van der Waals surface area contributed by atoms with Gasteiger partial charge in [0, 0.05) is 24.6 Å². The summed E-state index contributed by atoms with van der Waals surface area (Å²) >= 11 is 0. The van der Waals surface area contributed by atoms with Gasteiger partial charge in [0.1, 0.15) is 0 Å². The Morgan fingerprint density at radius 1 is 1.29 bits per heavy atom. The van der Waals surface area contributed by atoms with Crippen molar-refractivity contribution in [3.05, 3.63) is 29.8 Å². The lowest BCUT2D eigenvalue weighted by atomic mass is 9.79. The van der Waals surface area contributed by atoms with Crippen molar-refractivity contribution in [1.29, 1.82) is 0 Å². The number of rotatable bonds is 1. The molecule has 0 radical (unpaired) electrons. The molecule has 1 aliphatic rings. The van der Waals surface area contributed by atoms with Crippen molar-refractivity contribution in [3.63, 3.8) is 0 Å². The molecule has 0 bridgehead atoms. The van der Waals surface area contributed by atoms with Gasteiger partial charge >= 0.3 is 0 Å². The van der Waals surface area contributed by atoms with Crippen LogP contribution < -0.4 is 5.73 Å². The highest BCUT2D eigenvalue weighted by Crippen LogP contribution is 2.31. The predicted octanol–water partition coefficient (Wildman–Crippen LogP) is 1.86. The van der Waals surface area contributed by atoms with Crippen LogP contribution in [0.5, 0.6) is 0 Å². The Morgan fingerprint density at radius 2 is 1.88 bits per heavy atom. The maximum Gasteiger partial charge on any atom is 0.243 e. The maximum atomic E-state index is 11.6. The van der Waals surface area contributed by atoms with Gasteiger partial charge in [0.05, 0.1) is 5.71 Å². The summed E-state index contributed by atoms with van der Waals surface area (Å²) in [6.45, 7) is 4.07. The highest BCUT2D eigenvalue weighted by Gasteiger charge is 2.35. The van der Waals surface area contributed by atoms with E-state index in [-0.39, 0.29) is 11.3 Å². The minimum Gasteiger partial charge on any atom is -0.399 e. The first kappa shape index (κ1) is 11.6. The first-order chi connectivity index (χ1) is 7.90. The topological polar surface area (TPSA) is 58.7 Å². The zero-order chi connectivity index (χ0) is 12.6. The first-order valence-electron chi connectivity index (χ1n) is 5.62. The van der Waals surface area contributed by atoms with Crippen LogP contribution in [-0.4, -0.2) is 23.7 Å². The molecule has 1 aromatic carbocycles. The van der Waals surface area contributed by atoms with Crippen molar-refractivity contribution >= 4 is 17.3 Å². The number of carbonyl (C=O) groups excluding carboxylic acids is 1. The van der Waals surface area contributed by atoms with E-state index in [4.69, 9.17) is 5.73 Å². The van der Waals surface area contributed by atoms with Crippen molar-refractivity contribution in [2.24, 2.45) is 10.5 Å². The largest absolute Gasteiger partial charge is 0.399 e. The Hall–Kier alpha value is -1.84. The third-order valence-electron chi connectivity index (χ3n) is 3.03. The lowest BCUT2D eigenvalue weighted by Gasteiger charge is -2.33. The van der Waals surface area contributed by atoms with Crippen LogP contribution in [0.4, 0.5) is 5.69 Å². The van der Waals surface area contributed by atoms with Gasteiger partial charge in [-0.15, -0.1) is 0 Å². The van der Waals surface area contributed by atoms with Crippen LogP contribution in [0.1, 0.15) is 25.8 Å². The van der Waals surface area contributed by atoms with E-state index < -0.39 is 0 Å². The van der Waals surface area contributed by atoms with Crippen molar-refractivity contribution in [1.82, 2.24) is 5.01 Å². The summed E-state index contributed by atoms with van der Waals surface area (Å²) in [4.78, 5) is 11.6. The number of amides is 1. The number of hydrogen-bond acceptors (Lipinski definition) is 3. The molecule has 0 atom stereocenters. The fourth-order valence-electron chi connectivity index (χ4n) is 2.01. The molecule has 17 heavy (non-hydrogen) atoms. The van der Waals surface area contributed by atoms with Crippen LogP contribution in [0.2, 0.25) is 0 Å². The van der Waals surface area contributed by atoms with E-state index in [0.29, 0.717) is 6.42 Å². The molecule has 0 fully saturated rings. The lowest BCUT2D eigenvalue weighted by Crippen LogP contribution is -2.40.